The molecule has 2 aromatic heterocycles. The average Bonchev–Trinajstić information content (AvgIpc) is 3.23. The van der Waals surface area contributed by atoms with Gasteiger partial charge in [0.25, 0.3) is 5.91 Å². The molecular formula is C23H26N4O2. The van der Waals surface area contributed by atoms with Crippen LogP contribution in [0.4, 0.5) is 5.82 Å². The normalized spacial score (nSPS) is 18.3. The predicted octanol–water partition coefficient (Wildman–Crippen LogP) is 4.23. The van der Waals surface area contributed by atoms with Crippen molar-refractivity contribution in [3.05, 3.63) is 54.0 Å². The van der Waals surface area contributed by atoms with E-state index < -0.39 is 0 Å². The van der Waals surface area contributed by atoms with Crippen LogP contribution in [-0.4, -0.2) is 47.0 Å². The number of benzene rings is 1. The fourth-order valence-electron chi connectivity index (χ4n) is 4.46. The van der Waals surface area contributed by atoms with Crippen LogP contribution in [0.25, 0.3) is 11.1 Å². The summed E-state index contributed by atoms with van der Waals surface area (Å²) in [5.74, 6) is 2.30. The number of carbonyl (C=O) groups excluding carboxylic acids is 1. The van der Waals surface area contributed by atoms with Gasteiger partial charge in [-0.25, -0.2) is 9.97 Å². The standard InChI is InChI=1S/C23H26N4O2/c28-23(27-14-12-26(13-15-27)21-8-4-5-11-24-21)18-9-10-19-20(16-18)29-22(25-19)17-6-2-1-3-7-17/h4-5,8-11,16-17H,1-3,6-7,12-15H2. The lowest BCUT2D eigenvalue weighted by molar-refractivity contribution is 0.0746. The highest BCUT2D eigenvalue weighted by Crippen LogP contribution is 2.34. The molecule has 2 fully saturated rings. The van der Waals surface area contributed by atoms with Crippen molar-refractivity contribution in [2.24, 2.45) is 0 Å². The molecule has 1 saturated carbocycles. The molecule has 6 nitrogen and oxygen atoms in total. The maximum Gasteiger partial charge on any atom is 0.254 e. The summed E-state index contributed by atoms with van der Waals surface area (Å²) >= 11 is 0. The third-order valence-corrected chi connectivity index (χ3v) is 6.15. The molecule has 0 radical (unpaired) electrons. The van der Waals surface area contributed by atoms with Crippen LogP contribution >= 0.6 is 0 Å². The SMILES string of the molecule is O=C(c1ccc2nc(C3CCCCC3)oc2c1)N1CCN(c2ccccn2)CC1. The van der Waals surface area contributed by atoms with Gasteiger partial charge in [0.2, 0.25) is 0 Å². The Hall–Kier alpha value is -2.89. The molecule has 0 atom stereocenters. The van der Waals surface area contributed by atoms with Gasteiger partial charge in [-0.2, -0.15) is 0 Å². The number of carbonyl (C=O) groups is 1. The topological polar surface area (TPSA) is 62.5 Å². The number of piperazine rings is 1. The Bertz CT molecular complexity index is 987. The van der Waals surface area contributed by atoms with Gasteiger partial charge in [0, 0.05) is 43.9 Å². The monoisotopic (exact) mass is 390 g/mol. The summed E-state index contributed by atoms with van der Waals surface area (Å²) in [6.07, 6.45) is 7.91. The van der Waals surface area contributed by atoms with Crippen molar-refractivity contribution in [3.63, 3.8) is 0 Å². The predicted molar refractivity (Wildman–Crippen MR) is 112 cm³/mol. The van der Waals surface area contributed by atoms with Gasteiger partial charge in [0.15, 0.2) is 11.5 Å². The van der Waals surface area contributed by atoms with Gasteiger partial charge < -0.3 is 14.2 Å². The van der Waals surface area contributed by atoms with E-state index in [1.807, 2.05) is 41.3 Å². The van der Waals surface area contributed by atoms with E-state index in [1.54, 1.807) is 6.20 Å². The molecule has 3 heterocycles. The van der Waals surface area contributed by atoms with Crippen molar-refractivity contribution < 1.29 is 9.21 Å². The Morgan fingerprint density at radius 2 is 1.83 bits per heavy atom. The Balaban J connectivity index is 1.28. The van der Waals surface area contributed by atoms with Gasteiger partial charge in [0.1, 0.15) is 11.3 Å². The van der Waals surface area contributed by atoms with Crippen LogP contribution in [-0.2, 0) is 0 Å². The van der Waals surface area contributed by atoms with E-state index in [4.69, 9.17) is 4.42 Å². The van der Waals surface area contributed by atoms with E-state index >= 15 is 0 Å². The van der Waals surface area contributed by atoms with E-state index in [-0.39, 0.29) is 5.91 Å². The molecule has 0 unspecified atom stereocenters. The number of hydrogen-bond donors (Lipinski definition) is 0. The zero-order chi connectivity index (χ0) is 19.6. The van der Waals surface area contributed by atoms with E-state index in [1.165, 1.54) is 19.3 Å². The Morgan fingerprint density at radius 3 is 2.59 bits per heavy atom. The summed E-state index contributed by atoms with van der Waals surface area (Å²) in [6.45, 7) is 2.96. The summed E-state index contributed by atoms with van der Waals surface area (Å²) in [5.41, 5.74) is 2.25. The van der Waals surface area contributed by atoms with Crippen LogP contribution < -0.4 is 4.90 Å². The summed E-state index contributed by atoms with van der Waals surface area (Å²) in [4.78, 5) is 26.3. The van der Waals surface area contributed by atoms with Crippen LogP contribution in [0.3, 0.4) is 0 Å². The van der Waals surface area contributed by atoms with Crippen molar-refractivity contribution in [3.8, 4) is 0 Å². The maximum atomic E-state index is 13.0. The number of amides is 1. The first-order valence-corrected chi connectivity index (χ1v) is 10.6. The molecule has 3 aromatic rings. The van der Waals surface area contributed by atoms with Crippen molar-refractivity contribution in [1.82, 2.24) is 14.9 Å². The molecule has 150 valence electrons. The van der Waals surface area contributed by atoms with Crippen LogP contribution in [0, 0.1) is 0 Å². The van der Waals surface area contributed by atoms with E-state index in [0.717, 1.165) is 48.7 Å². The number of nitrogens with zero attached hydrogens (tertiary/aromatic N) is 4. The number of fused-ring (bicyclic) bond motifs is 1. The molecule has 2 aliphatic rings. The summed E-state index contributed by atoms with van der Waals surface area (Å²) in [7, 11) is 0. The minimum absolute atomic E-state index is 0.0585. The number of aromatic nitrogens is 2. The quantitative estimate of drug-likeness (QED) is 0.670. The van der Waals surface area contributed by atoms with Crippen molar-refractivity contribution in [1.29, 1.82) is 0 Å². The highest BCUT2D eigenvalue weighted by molar-refractivity contribution is 5.97. The Labute approximate surface area is 170 Å². The average molecular weight is 390 g/mol. The van der Waals surface area contributed by atoms with Gasteiger partial charge >= 0.3 is 0 Å². The minimum atomic E-state index is 0.0585. The zero-order valence-electron chi connectivity index (χ0n) is 16.6. The van der Waals surface area contributed by atoms with E-state index in [0.29, 0.717) is 24.6 Å². The third kappa shape index (κ3) is 3.71. The molecule has 1 saturated heterocycles. The molecule has 0 spiro atoms. The first kappa shape index (κ1) is 18.2. The highest BCUT2D eigenvalue weighted by Gasteiger charge is 2.24. The zero-order valence-corrected chi connectivity index (χ0v) is 16.6. The van der Waals surface area contributed by atoms with Gasteiger partial charge in [0.05, 0.1) is 0 Å². The van der Waals surface area contributed by atoms with Crippen molar-refractivity contribution in [2.75, 3.05) is 31.1 Å². The molecule has 0 N–H and O–H groups in total. The molecule has 5 rings (SSSR count). The number of oxazole rings is 1. The second-order valence-corrected chi connectivity index (χ2v) is 8.04. The highest BCUT2D eigenvalue weighted by atomic mass is 16.3. The molecule has 1 aliphatic heterocycles. The largest absolute Gasteiger partial charge is 0.440 e. The van der Waals surface area contributed by atoms with Crippen molar-refractivity contribution in [2.45, 2.75) is 38.0 Å². The second kappa shape index (κ2) is 7.85. The summed E-state index contributed by atoms with van der Waals surface area (Å²) in [5, 5.41) is 0. The van der Waals surface area contributed by atoms with Gasteiger partial charge in [-0.1, -0.05) is 25.3 Å². The molecule has 1 aromatic carbocycles. The van der Waals surface area contributed by atoms with Gasteiger partial charge in [-0.05, 0) is 43.2 Å². The Kier molecular flexibility index (Phi) is 4.92. The molecular weight excluding hydrogens is 364 g/mol. The Morgan fingerprint density at radius 1 is 1.00 bits per heavy atom. The smallest absolute Gasteiger partial charge is 0.254 e. The van der Waals surface area contributed by atoms with Gasteiger partial charge in [-0.3, -0.25) is 4.79 Å². The molecule has 1 amide bonds. The summed E-state index contributed by atoms with van der Waals surface area (Å²) < 4.78 is 6.06. The maximum absolute atomic E-state index is 13.0. The molecule has 0 bridgehead atoms. The van der Waals surface area contributed by atoms with Gasteiger partial charge in [-0.15, -0.1) is 0 Å². The number of hydrogen-bond acceptors (Lipinski definition) is 5. The lowest BCUT2D eigenvalue weighted by Crippen LogP contribution is -2.49. The summed E-state index contributed by atoms with van der Waals surface area (Å²) in [6, 6.07) is 11.6. The lowest BCUT2D eigenvalue weighted by atomic mass is 9.89. The fourth-order valence-corrected chi connectivity index (χ4v) is 4.46. The van der Waals surface area contributed by atoms with Crippen LogP contribution in [0.1, 0.15) is 54.3 Å². The van der Waals surface area contributed by atoms with E-state index in [9.17, 15) is 4.79 Å². The number of pyridine rings is 1. The molecule has 6 heteroatoms. The molecule has 29 heavy (non-hydrogen) atoms. The second-order valence-electron chi connectivity index (χ2n) is 8.04. The first-order valence-electron chi connectivity index (χ1n) is 10.6. The van der Waals surface area contributed by atoms with E-state index in [2.05, 4.69) is 14.9 Å². The minimum Gasteiger partial charge on any atom is -0.440 e. The lowest BCUT2D eigenvalue weighted by Gasteiger charge is -2.35. The van der Waals surface area contributed by atoms with Crippen LogP contribution in [0.15, 0.2) is 47.0 Å². The molecule has 1 aliphatic carbocycles. The third-order valence-electron chi connectivity index (χ3n) is 6.15. The number of rotatable bonds is 3. The fraction of sp³-hybridized carbons (Fsp3) is 0.435. The van der Waals surface area contributed by atoms with Crippen LogP contribution in [0.2, 0.25) is 0 Å². The number of anilines is 1. The first-order chi connectivity index (χ1) is 14.3. The van der Waals surface area contributed by atoms with Crippen LogP contribution in [0.5, 0.6) is 0 Å². The van der Waals surface area contributed by atoms with Crippen molar-refractivity contribution >= 4 is 22.8 Å².